The highest BCUT2D eigenvalue weighted by Crippen LogP contribution is 2.67. The van der Waals surface area contributed by atoms with Crippen LogP contribution < -0.4 is 5.73 Å². The number of nitriles is 1. The molecule has 0 bridgehead atoms. The molecule has 5 rings (SSSR count). The molecule has 164 valence electrons. The van der Waals surface area contributed by atoms with Crippen molar-refractivity contribution in [1.82, 2.24) is 14.6 Å². The lowest BCUT2D eigenvalue weighted by Gasteiger charge is -2.30. The number of carbonyl (C=O) groups excluding carboxylic acids is 1. The molecule has 2 N–H and O–H groups in total. The summed E-state index contributed by atoms with van der Waals surface area (Å²) >= 11 is 0. The van der Waals surface area contributed by atoms with Gasteiger partial charge in [-0.15, -0.1) is 0 Å². The number of nitrogens with two attached hydrogens (primary N) is 1. The van der Waals surface area contributed by atoms with Crippen molar-refractivity contribution in [2.24, 2.45) is 5.41 Å². The molecule has 0 radical (unpaired) electrons. The minimum atomic E-state index is -1.52. The summed E-state index contributed by atoms with van der Waals surface area (Å²) in [5.41, 5.74) is 4.17. The number of anilines is 1. The van der Waals surface area contributed by atoms with E-state index in [4.69, 9.17) is 24.7 Å². The molecule has 31 heavy (non-hydrogen) atoms. The lowest BCUT2D eigenvalue weighted by Crippen LogP contribution is -2.46. The predicted molar refractivity (Wildman–Crippen MR) is 106 cm³/mol. The van der Waals surface area contributed by atoms with E-state index >= 15 is 0 Å². The molecule has 0 amide bonds. The van der Waals surface area contributed by atoms with Crippen molar-refractivity contribution in [1.29, 1.82) is 5.26 Å². The largest absolute Gasteiger partial charge is 0.456 e. The Morgan fingerprint density at radius 1 is 1.35 bits per heavy atom. The van der Waals surface area contributed by atoms with Crippen molar-refractivity contribution in [3.05, 3.63) is 24.2 Å². The van der Waals surface area contributed by atoms with E-state index in [0.29, 0.717) is 11.2 Å². The average Bonchev–Trinajstić information content (AvgIpc) is 2.99. The van der Waals surface area contributed by atoms with Crippen LogP contribution in [-0.2, 0) is 29.3 Å². The zero-order valence-corrected chi connectivity index (χ0v) is 18.1. The molecule has 1 saturated carbocycles. The van der Waals surface area contributed by atoms with Gasteiger partial charge < -0.3 is 24.7 Å². The van der Waals surface area contributed by atoms with Gasteiger partial charge in [-0.2, -0.15) is 10.4 Å². The molecule has 10 heteroatoms. The number of carbonyl (C=O) groups is 1. The Labute approximate surface area is 179 Å². The van der Waals surface area contributed by atoms with Crippen LogP contribution in [0.5, 0.6) is 0 Å². The normalized spacial score (nSPS) is 35.4. The number of rotatable bonds is 3. The van der Waals surface area contributed by atoms with Gasteiger partial charge in [-0.3, -0.25) is 4.79 Å². The Bertz CT molecular complexity index is 1130. The third-order valence-electron chi connectivity index (χ3n) is 5.93. The van der Waals surface area contributed by atoms with Crippen LogP contribution in [0.4, 0.5) is 5.82 Å². The molecule has 5 atom stereocenters. The van der Waals surface area contributed by atoms with Gasteiger partial charge in [-0.25, -0.2) is 9.50 Å². The summed E-state index contributed by atoms with van der Waals surface area (Å²) in [6.07, 6.45) is -0.541. The first-order valence-electron chi connectivity index (χ1n) is 10.2. The molecule has 2 saturated heterocycles. The van der Waals surface area contributed by atoms with Gasteiger partial charge in [-0.05, 0) is 31.4 Å². The van der Waals surface area contributed by atoms with Gasteiger partial charge in [0.05, 0.1) is 12.1 Å². The predicted octanol–water partition coefficient (Wildman–Crippen LogP) is 1.68. The Hall–Kier alpha value is -2.74. The van der Waals surface area contributed by atoms with Gasteiger partial charge in [-0.1, -0.05) is 20.8 Å². The lowest BCUT2D eigenvalue weighted by molar-refractivity contribution is -0.188. The third-order valence-corrected chi connectivity index (χ3v) is 5.93. The molecular formula is C21H25N5O5. The van der Waals surface area contributed by atoms with Crippen molar-refractivity contribution in [2.45, 2.75) is 76.3 Å². The second-order valence-electron chi connectivity index (χ2n) is 10.0. The molecule has 3 aliphatic rings. The summed E-state index contributed by atoms with van der Waals surface area (Å²) in [7, 11) is 0. The second kappa shape index (κ2) is 5.94. The number of nitrogen functional groups attached to an aromatic ring is 1. The van der Waals surface area contributed by atoms with Crippen LogP contribution in [0, 0.1) is 16.7 Å². The molecule has 10 nitrogen and oxygen atoms in total. The summed E-state index contributed by atoms with van der Waals surface area (Å²) in [4.78, 5) is 16.5. The number of ether oxygens (including phenoxy) is 4. The first-order chi connectivity index (χ1) is 14.4. The van der Waals surface area contributed by atoms with Crippen LogP contribution in [0.2, 0.25) is 0 Å². The highest BCUT2D eigenvalue weighted by Gasteiger charge is 2.89. The molecule has 2 aromatic heterocycles. The van der Waals surface area contributed by atoms with Crippen LogP contribution >= 0.6 is 0 Å². The fourth-order valence-corrected chi connectivity index (χ4v) is 4.77. The minimum Gasteiger partial charge on any atom is -0.456 e. The number of hydrogen-bond acceptors (Lipinski definition) is 9. The summed E-state index contributed by atoms with van der Waals surface area (Å²) < 4.78 is 25.9. The van der Waals surface area contributed by atoms with E-state index in [2.05, 4.69) is 16.2 Å². The molecule has 0 aromatic carbocycles. The molecule has 2 aromatic rings. The summed E-state index contributed by atoms with van der Waals surface area (Å²) in [6, 6.07) is 5.73. The Balaban J connectivity index is 1.53. The monoisotopic (exact) mass is 427 g/mol. The fraction of sp³-hybridized carbons (Fsp3) is 0.619. The van der Waals surface area contributed by atoms with Crippen LogP contribution in [-0.4, -0.2) is 50.3 Å². The van der Waals surface area contributed by atoms with E-state index < -0.39 is 35.3 Å². The standard InChI is InChI=1S/C21H25N5O5/c1-18(2,3)8-13(27)28-14-15-21(14)17(30-19(4,5)31-21)20(9-22,29-15)12-7-6-11-16(23)24-10-25-26(11)12/h6-7,10,14-15,17H,8H2,1-5H3,(H2,23,24,25)/t14?,15-,17+,20+,21-/m1/s1. The molecule has 1 spiro atoms. The van der Waals surface area contributed by atoms with Crippen molar-refractivity contribution < 1.29 is 23.7 Å². The maximum atomic E-state index is 12.5. The van der Waals surface area contributed by atoms with Crippen molar-refractivity contribution in [3.63, 3.8) is 0 Å². The maximum Gasteiger partial charge on any atom is 0.306 e. The Morgan fingerprint density at radius 2 is 2.10 bits per heavy atom. The smallest absolute Gasteiger partial charge is 0.306 e. The number of fused-ring (bicyclic) bond motifs is 1. The first kappa shape index (κ1) is 20.2. The SMILES string of the molecule is CC(C)(C)CC(=O)OC1[C@H]2O[C@@](C#N)(c3ccc4c(N)ncnn34)[C@@H]3OC(C)(C)O[C@]123. The minimum absolute atomic E-state index is 0.216. The quantitative estimate of drug-likeness (QED) is 0.726. The zero-order chi connectivity index (χ0) is 22.4. The Kier molecular flexibility index (Phi) is 3.87. The number of esters is 1. The first-order valence-corrected chi connectivity index (χ1v) is 10.2. The van der Waals surface area contributed by atoms with Gasteiger partial charge in [0.1, 0.15) is 30.1 Å². The number of hydrogen-bond donors (Lipinski definition) is 1. The van der Waals surface area contributed by atoms with E-state index in [9.17, 15) is 10.1 Å². The highest BCUT2D eigenvalue weighted by atomic mass is 16.8. The molecule has 4 heterocycles. The van der Waals surface area contributed by atoms with Crippen LogP contribution in [0.1, 0.15) is 46.7 Å². The van der Waals surface area contributed by atoms with Gasteiger partial charge >= 0.3 is 5.97 Å². The lowest BCUT2D eigenvalue weighted by atomic mass is 9.90. The van der Waals surface area contributed by atoms with E-state index in [1.54, 1.807) is 26.0 Å². The van der Waals surface area contributed by atoms with E-state index in [1.807, 2.05) is 20.8 Å². The maximum absolute atomic E-state index is 12.5. The summed E-state index contributed by atoms with van der Waals surface area (Å²) in [5.74, 6) is -1.04. The van der Waals surface area contributed by atoms with Crippen LogP contribution in [0.15, 0.2) is 18.5 Å². The van der Waals surface area contributed by atoms with Gasteiger partial charge in [0.15, 0.2) is 23.3 Å². The molecular weight excluding hydrogens is 402 g/mol. The molecule has 1 aliphatic carbocycles. The van der Waals surface area contributed by atoms with Crippen LogP contribution in [0.25, 0.3) is 5.52 Å². The zero-order valence-electron chi connectivity index (χ0n) is 18.1. The fourth-order valence-electron chi connectivity index (χ4n) is 4.77. The molecule has 3 fully saturated rings. The molecule has 2 aliphatic heterocycles. The number of aromatic nitrogens is 3. The third kappa shape index (κ3) is 2.70. The second-order valence-corrected chi connectivity index (χ2v) is 10.0. The van der Waals surface area contributed by atoms with E-state index in [-0.39, 0.29) is 23.6 Å². The highest BCUT2D eigenvalue weighted by molar-refractivity contribution is 5.71. The van der Waals surface area contributed by atoms with Crippen LogP contribution in [0.3, 0.4) is 0 Å². The number of nitrogens with zero attached hydrogens (tertiary/aromatic N) is 4. The van der Waals surface area contributed by atoms with Crippen molar-refractivity contribution in [3.8, 4) is 6.07 Å². The van der Waals surface area contributed by atoms with Gasteiger partial charge in [0.2, 0.25) is 5.60 Å². The Morgan fingerprint density at radius 3 is 2.77 bits per heavy atom. The summed E-state index contributed by atoms with van der Waals surface area (Å²) in [6.45, 7) is 9.42. The van der Waals surface area contributed by atoms with Gasteiger partial charge in [0, 0.05) is 0 Å². The topological polar surface area (TPSA) is 134 Å². The van der Waals surface area contributed by atoms with Crippen molar-refractivity contribution in [2.75, 3.05) is 5.73 Å². The molecule has 1 unspecified atom stereocenters. The van der Waals surface area contributed by atoms with E-state index in [1.165, 1.54) is 10.8 Å². The summed E-state index contributed by atoms with van der Waals surface area (Å²) in [5, 5.41) is 14.5. The van der Waals surface area contributed by atoms with E-state index in [0.717, 1.165) is 0 Å². The van der Waals surface area contributed by atoms with Gasteiger partial charge in [0.25, 0.3) is 0 Å². The average molecular weight is 427 g/mol. The van der Waals surface area contributed by atoms with Crippen molar-refractivity contribution >= 4 is 17.3 Å².